The van der Waals surface area contributed by atoms with Crippen LogP contribution in [0.3, 0.4) is 0 Å². The third kappa shape index (κ3) is 0.716. The van der Waals surface area contributed by atoms with Gasteiger partial charge in [0.2, 0.25) is 0 Å². The van der Waals surface area contributed by atoms with Crippen molar-refractivity contribution in [2.45, 2.75) is 19.3 Å². The lowest BCUT2D eigenvalue weighted by Crippen LogP contribution is -2.02. The fraction of sp³-hybridized carbons (Fsp3) is 0.625. The first-order valence-corrected chi connectivity index (χ1v) is 3.55. The molecule has 1 nitrogen and oxygen atoms in total. The van der Waals surface area contributed by atoms with Gasteiger partial charge in [-0.15, -0.1) is 0 Å². The van der Waals surface area contributed by atoms with Gasteiger partial charge in [-0.2, -0.15) is 0 Å². The van der Waals surface area contributed by atoms with Crippen molar-refractivity contribution in [3.8, 4) is 0 Å². The van der Waals surface area contributed by atoms with Gasteiger partial charge in [0.1, 0.15) is 5.78 Å². The van der Waals surface area contributed by atoms with Gasteiger partial charge in [-0.05, 0) is 18.8 Å². The summed E-state index contributed by atoms with van der Waals surface area (Å²) >= 11 is 0. The van der Waals surface area contributed by atoms with Crippen molar-refractivity contribution in [1.29, 1.82) is 0 Å². The number of ketones is 1. The third-order valence-corrected chi connectivity index (χ3v) is 2.33. The largest absolute Gasteiger partial charge is 0.299 e. The predicted molar refractivity (Wildman–Crippen MR) is 35.0 cm³/mol. The summed E-state index contributed by atoms with van der Waals surface area (Å²) < 4.78 is 0. The van der Waals surface area contributed by atoms with Crippen molar-refractivity contribution in [2.24, 2.45) is 11.8 Å². The van der Waals surface area contributed by atoms with Crippen molar-refractivity contribution in [1.82, 2.24) is 0 Å². The van der Waals surface area contributed by atoms with Crippen LogP contribution in [0.4, 0.5) is 0 Å². The van der Waals surface area contributed by atoms with Crippen LogP contribution in [0, 0.1) is 11.8 Å². The highest BCUT2D eigenvalue weighted by molar-refractivity contribution is 5.85. The summed E-state index contributed by atoms with van der Waals surface area (Å²) in [5.41, 5.74) is 0. The maximum absolute atomic E-state index is 11.0. The van der Waals surface area contributed by atoms with E-state index in [4.69, 9.17) is 0 Å². The summed E-state index contributed by atoms with van der Waals surface area (Å²) in [5.74, 6) is 1.48. The molecule has 0 heterocycles. The molecular weight excluding hydrogens is 112 g/mol. The molecule has 9 heavy (non-hydrogen) atoms. The Kier molecular flexibility index (Phi) is 0.981. The van der Waals surface area contributed by atoms with E-state index in [1.807, 2.05) is 0 Å². The zero-order valence-electron chi connectivity index (χ0n) is 5.34. The van der Waals surface area contributed by atoms with Crippen LogP contribution in [-0.4, -0.2) is 5.78 Å². The number of hydrogen-bond donors (Lipinski definition) is 0. The van der Waals surface area contributed by atoms with Crippen LogP contribution in [0.1, 0.15) is 19.3 Å². The Bertz CT molecular complexity index is 169. The predicted octanol–water partition coefficient (Wildman–Crippen LogP) is 1.54. The number of Topliss-reactive ketones (excluding diaryl/α,β-unsaturated/α-hetero) is 1. The van der Waals surface area contributed by atoms with Gasteiger partial charge in [0.25, 0.3) is 0 Å². The lowest BCUT2D eigenvalue weighted by atomic mass is 9.96. The van der Waals surface area contributed by atoms with E-state index in [1.54, 1.807) is 0 Å². The van der Waals surface area contributed by atoms with E-state index in [0.717, 1.165) is 19.3 Å². The molecule has 1 heteroatoms. The first kappa shape index (κ1) is 5.21. The van der Waals surface area contributed by atoms with Crippen LogP contribution in [0.25, 0.3) is 0 Å². The molecule has 2 bridgehead atoms. The Labute approximate surface area is 54.8 Å². The van der Waals surface area contributed by atoms with Crippen molar-refractivity contribution in [3.05, 3.63) is 12.2 Å². The molecule has 2 aliphatic rings. The highest BCUT2D eigenvalue weighted by Crippen LogP contribution is 2.34. The van der Waals surface area contributed by atoms with Crippen LogP contribution < -0.4 is 0 Å². The van der Waals surface area contributed by atoms with Crippen molar-refractivity contribution < 1.29 is 4.79 Å². The molecule has 1 saturated carbocycles. The van der Waals surface area contributed by atoms with Gasteiger partial charge in [-0.3, -0.25) is 4.79 Å². The number of carbonyl (C=O) groups is 1. The molecule has 2 rings (SSSR count). The molecule has 0 amide bonds. The average Bonchev–Trinajstić information content (AvgIpc) is 2.09. The molecule has 2 aliphatic carbocycles. The Balaban J connectivity index is 2.27. The molecule has 0 spiro atoms. The fourth-order valence-electron chi connectivity index (χ4n) is 1.81. The molecule has 0 N–H and O–H groups in total. The van der Waals surface area contributed by atoms with E-state index >= 15 is 0 Å². The third-order valence-electron chi connectivity index (χ3n) is 2.33. The smallest absolute Gasteiger partial charge is 0.140 e. The van der Waals surface area contributed by atoms with E-state index in [-0.39, 0.29) is 0 Å². The fourth-order valence-corrected chi connectivity index (χ4v) is 1.81. The number of allylic oxidation sites excluding steroid dienone is 2. The maximum Gasteiger partial charge on any atom is 0.140 e. The first-order valence-electron chi connectivity index (χ1n) is 3.55. The Morgan fingerprint density at radius 1 is 1.56 bits per heavy atom. The SMILES string of the molecule is O=C1CC2CC=CC1C2. The zero-order valence-corrected chi connectivity index (χ0v) is 5.34. The summed E-state index contributed by atoms with van der Waals surface area (Å²) in [4.78, 5) is 11.0. The van der Waals surface area contributed by atoms with E-state index in [0.29, 0.717) is 17.6 Å². The average molecular weight is 122 g/mol. The maximum atomic E-state index is 11.0. The minimum absolute atomic E-state index is 0.309. The van der Waals surface area contributed by atoms with Gasteiger partial charge in [0, 0.05) is 12.3 Å². The summed E-state index contributed by atoms with van der Waals surface area (Å²) in [7, 11) is 0. The molecule has 0 aromatic carbocycles. The minimum atomic E-state index is 0.309. The first-order chi connectivity index (χ1) is 4.36. The zero-order chi connectivity index (χ0) is 6.27. The number of hydrogen-bond acceptors (Lipinski definition) is 1. The van der Waals surface area contributed by atoms with Crippen LogP contribution in [0.15, 0.2) is 12.2 Å². The highest BCUT2D eigenvalue weighted by atomic mass is 16.1. The Hall–Kier alpha value is -0.590. The summed E-state index contributed by atoms with van der Waals surface area (Å²) in [6.45, 7) is 0. The van der Waals surface area contributed by atoms with E-state index < -0.39 is 0 Å². The lowest BCUT2D eigenvalue weighted by Gasteiger charge is -2.08. The van der Waals surface area contributed by atoms with E-state index in [1.165, 1.54) is 0 Å². The molecule has 0 aromatic rings. The normalized spacial score (nSPS) is 39.8. The highest BCUT2D eigenvalue weighted by Gasteiger charge is 2.32. The summed E-state index contributed by atoms with van der Waals surface area (Å²) in [6.07, 6.45) is 7.35. The van der Waals surface area contributed by atoms with E-state index in [9.17, 15) is 4.79 Å². The van der Waals surface area contributed by atoms with Crippen molar-refractivity contribution >= 4 is 5.78 Å². The molecule has 0 aliphatic heterocycles. The molecular formula is C8H10O. The van der Waals surface area contributed by atoms with Gasteiger partial charge in [0.05, 0.1) is 0 Å². The van der Waals surface area contributed by atoms with Crippen LogP contribution in [-0.2, 0) is 4.79 Å². The van der Waals surface area contributed by atoms with Gasteiger partial charge < -0.3 is 0 Å². The van der Waals surface area contributed by atoms with Gasteiger partial charge >= 0.3 is 0 Å². The molecule has 0 saturated heterocycles. The van der Waals surface area contributed by atoms with Gasteiger partial charge in [-0.25, -0.2) is 0 Å². The number of carbonyl (C=O) groups excluding carboxylic acids is 1. The monoisotopic (exact) mass is 122 g/mol. The molecule has 0 aromatic heterocycles. The molecule has 2 unspecified atom stereocenters. The molecule has 2 atom stereocenters. The quantitative estimate of drug-likeness (QED) is 0.445. The van der Waals surface area contributed by atoms with Gasteiger partial charge in [-0.1, -0.05) is 12.2 Å². The van der Waals surface area contributed by atoms with Crippen molar-refractivity contribution in [2.75, 3.05) is 0 Å². The number of fused-ring (bicyclic) bond motifs is 2. The molecule has 0 radical (unpaired) electrons. The van der Waals surface area contributed by atoms with Crippen LogP contribution >= 0.6 is 0 Å². The second kappa shape index (κ2) is 1.69. The summed E-state index contributed by atoms with van der Waals surface area (Å²) in [6, 6.07) is 0. The number of rotatable bonds is 0. The lowest BCUT2D eigenvalue weighted by molar-refractivity contribution is -0.119. The Morgan fingerprint density at radius 3 is 3.11 bits per heavy atom. The molecule has 1 fully saturated rings. The standard InChI is InChI=1S/C8H10O/c9-8-5-6-2-1-3-7(8)4-6/h1,3,6-7H,2,4-5H2. The van der Waals surface area contributed by atoms with Gasteiger partial charge in [0.15, 0.2) is 0 Å². The second-order valence-corrected chi connectivity index (χ2v) is 3.04. The van der Waals surface area contributed by atoms with Crippen LogP contribution in [0.5, 0.6) is 0 Å². The second-order valence-electron chi connectivity index (χ2n) is 3.04. The summed E-state index contributed by atoms with van der Waals surface area (Å²) in [5, 5.41) is 0. The van der Waals surface area contributed by atoms with Crippen LogP contribution in [0.2, 0.25) is 0 Å². The van der Waals surface area contributed by atoms with Crippen molar-refractivity contribution in [3.63, 3.8) is 0 Å². The Morgan fingerprint density at radius 2 is 2.44 bits per heavy atom. The molecule has 48 valence electrons. The topological polar surface area (TPSA) is 17.1 Å². The minimum Gasteiger partial charge on any atom is -0.299 e. The van der Waals surface area contributed by atoms with E-state index in [2.05, 4.69) is 12.2 Å².